The molecule has 1 heterocycles. The van der Waals surface area contributed by atoms with E-state index in [-0.39, 0.29) is 23.8 Å². The predicted octanol–water partition coefficient (Wildman–Crippen LogP) is 3.24. The van der Waals surface area contributed by atoms with Gasteiger partial charge in [-0.05, 0) is 44.9 Å². The second-order valence-electron chi connectivity index (χ2n) is 6.49. The molecule has 0 saturated carbocycles. The van der Waals surface area contributed by atoms with Crippen molar-refractivity contribution >= 4 is 11.6 Å². The highest BCUT2D eigenvalue weighted by molar-refractivity contribution is 6.07. The van der Waals surface area contributed by atoms with Gasteiger partial charge in [-0.1, -0.05) is 12.2 Å². The molecule has 2 aliphatic rings. The van der Waals surface area contributed by atoms with E-state index in [4.69, 9.17) is 14.6 Å². The van der Waals surface area contributed by atoms with Gasteiger partial charge in [-0.15, -0.1) is 0 Å². The lowest BCUT2D eigenvalue weighted by molar-refractivity contribution is -0.139. The molecule has 0 spiro atoms. The molecule has 5 nitrogen and oxygen atoms in total. The molecule has 5 heteroatoms. The zero-order valence-electron chi connectivity index (χ0n) is 14.7. The lowest BCUT2D eigenvalue weighted by atomic mass is 9.76. The number of hydrogen-bond acceptors (Lipinski definition) is 4. The van der Waals surface area contributed by atoms with Gasteiger partial charge in [-0.2, -0.15) is 5.10 Å². The Morgan fingerprint density at radius 1 is 1.08 bits per heavy atom. The van der Waals surface area contributed by atoms with E-state index in [0.717, 1.165) is 24.1 Å². The standard InChI is InChI=1S/C19H24N2O3/c1-12(2)21-19(22)15-8-6-5-7-14(15)18(20-21)13-9-10-16(23-3)17(11-13)24-4/h5-6,9-12,14-15H,7-8H2,1-4H3. The van der Waals surface area contributed by atoms with Gasteiger partial charge in [0.1, 0.15) is 0 Å². The highest BCUT2D eigenvalue weighted by Gasteiger charge is 2.40. The molecular weight excluding hydrogens is 304 g/mol. The minimum absolute atomic E-state index is 0.0296. The Bertz CT molecular complexity index is 694. The number of fused-ring (bicyclic) bond motifs is 1. The molecule has 24 heavy (non-hydrogen) atoms. The summed E-state index contributed by atoms with van der Waals surface area (Å²) in [4.78, 5) is 12.7. The van der Waals surface area contributed by atoms with Gasteiger partial charge in [-0.3, -0.25) is 4.79 Å². The van der Waals surface area contributed by atoms with E-state index in [0.29, 0.717) is 11.5 Å². The maximum atomic E-state index is 12.7. The van der Waals surface area contributed by atoms with Gasteiger partial charge < -0.3 is 9.47 Å². The third-order valence-electron chi connectivity index (χ3n) is 4.71. The minimum Gasteiger partial charge on any atom is -0.493 e. The topological polar surface area (TPSA) is 51.1 Å². The molecule has 2 atom stereocenters. The molecule has 0 saturated heterocycles. The van der Waals surface area contributed by atoms with E-state index in [1.54, 1.807) is 19.2 Å². The Hall–Kier alpha value is -2.30. The molecule has 0 bridgehead atoms. The maximum Gasteiger partial charge on any atom is 0.247 e. The molecule has 1 aliphatic heterocycles. The number of carbonyl (C=O) groups is 1. The predicted molar refractivity (Wildman–Crippen MR) is 93.4 cm³/mol. The minimum atomic E-state index is -0.0296. The number of hydrazone groups is 1. The van der Waals surface area contributed by atoms with Crippen LogP contribution in [0.1, 0.15) is 32.3 Å². The van der Waals surface area contributed by atoms with Crippen LogP contribution in [0, 0.1) is 11.8 Å². The largest absolute Gasteiger partial charge is 0.493 e. The van der Waals surface area contributed by atoms with Crippen LogP contribution in [-0.4, -0.2) is 36.9 Å². The van der Waals surface area contributed by atoms with Gasteiger partial charge in [0.05, 0.1) is 25.8 Å². The number of methoxy groups -OCH3 is 2. The van der Waals surface area contributed by atoms with Crippen LogP contribution in [0.25, 0.3) is 0 Å². The van der Waals surface area contributed by atoms with E-state index >= 15 is 0 Å². The van der Waals surface area contributed by atoms with E-state index in [1.165, 1.54) is 0 Å². The first-order valence-corrected chi connectivity index (χ1v) is 8.35. The third kappa shape index (κ3) is 2.79. The third-order valence-corrected chi connectivity index (χ3v) is 4.71. The normalized spacial score (nSPS) is 23.1. The van der Waals surface area contributed by atoms with Crippen molar-refractivity contribution in [3.8, 4) is 11.5 Å². The second kappa shape index (κ2) is 6.67. The van der Waals surface area contributed by atoms with Gasteiger partial charge >= 0.3 is 0 Å². The molecule has 128 valence electrons. The summed E-state index contributed by atoms with van der Waals surface area (Å²) in [7, 11) is 3.25. The quantitative estimate of drug-likeness (QED) is 0.797. The van der Waals surface area contributed by atoms with Crippen molar-refractivity contribution in [2.24, 2.45) is 16.9 Å². The summed E-state index contributed by atoms with van der Waals surface area (Å²) in [5.74, 6) is 1.58. The lowest BCUT2D eigenvalue weighted by Gasteiger charge is -2.38. The summed E-state index contributed by atoms with van der Waals surface area (Å²) in [6.07, 6.45) is 5.87. The number of hydrogen-bond donors (Lipinski definition) is 0. The van der Waals surface area contributed by atoms with Crippen molar-refractivity contribution in [1.29, 1.82) is 0 Å². The van der Waals surface area contributed by atoms with E-state index in [9.17, 15) is 4.79 Å². The molecule has 1 aliphatic carbocycles. The first kappa shape index (κ1) is 16.6. The van der Waals surface area contributed by atoms with Crippen LogP contribution >= 0.6 is 0 Å². The van der Waals surface area contributed by atoms with Crippen LogP contribution in [0.3, 0.4) is 0 Å². The summed E-state index contributed by atoms with van der Waals surface area (Å²) >= 11 is 0. The van der Waals surface area contributed by atoms with Crippen molar-refractivity contribution in [3.05, 3.63) is 35.9 Å². The molecule has 1 aromatic carbocycles. The van der Waals surface area contributed by atoms with Gasteiger partial charge in [-0.25, -0.2) is 5.01 Å². The molecule has 2 unspecified atom stereocenters. The molecule has 0 N–H and O–H groups in total. The Labute approximate surface area is 142 Å². The summed E-state index contributed by atoms with van der Waals surface area (Å²) in [5.41, 5.74) is 1.94. The van der Waals surface area contributed by atoms with E-state index in [1.807, 2.05) is 32.0 Å². The van der Waals surface area contributed by atoms with Crippen LogP contribution < -0.4 is 9.47 Å². The van der Waals surface area contributed by atoms with Crippen LogP contribution in [0.2, 0.25) is 0 Å². The number of amides is 1. The van der Waals surface area contributed by atoms with Crippen molar-refractivity contribution in [2.75, 3.05) is 14.2 Å². The van der Waals surface area contributed by atoms with Gasteiger partial charge in [0.15, 0.2) is 11.5 Å². The summed E-state index contributed by atoms with van der Waals surface area (Å²) < 4.78 is 10.7. The fourth-order valence-corrected chi connectivity index (χ4v) is 3.44. The second-order valence-corrected chi connectivity index (χ2v) is 6.49. The van der Waals surface area contributed by atoms with Crippen molar-refractivity contribution in [1.82, 2.24) is 5.01 Å². The number of carbonyl (C=O) groups excluding carboxylic acids is 1. The lowest BCUT2D eigenvalue weighted by Crippen LogP contribution is -2.47. The van der Waals surface area contributed by atoms with Crippen LogP contribution in [0.5, 0.6) is 11.5 Å². The van der Waals surface area contributed by atoms with E-state index in [2.05, 4.69) is 12.2 Å². The van der Waals surface area contributed by atoms with Crippen molar-refractivity contribution < 1.29 is 14.3 Å². The maximum absolute atomic E-state index is 12.7. The smallest absolute Gasteiger partial charge is 0.247 e. The van der Waals surface area contributed by atoms with Gasteiger partial charge in [0, 0.05) is 17.5 Å². The number of rotatable bonds is 4. The van der Waals surface area contributed by atoms with Gasteiger partial charge in [0.25, 0.3) is 0 Å². The van der Waals surface area contributed by atoms with Crippen molar-refractivity contribution in [3.63, 3.8) is 0 Å². The summed E-state index contributed by atoms with van der Waals surface area (Å²) in [6, 6.07) is 5.87. The molecule has 0 aromatic heterocycles. The van der Waals surface area contributed by atoms with Crippen LogP contribution in [0.4, 0.5) is 0 Å². The van der Waals surface area contributed by atoms with Crippen molar-refractivity contribution in [2.45, 2.75) is 32.7 Å². The summed E-state index contributed by atoms with van der Waals surface area (Å²) in [6.45, 7) is 3.99. The first-order valence-electron chi connectivity index (χ1n) is 8.35. The SMILES string of the molecule is COc1ccc(C2=NN(C(C)C)C(=O)C3CC=CCC23)cc1OC. The van der Waals surface area contributed by atoms with Gasteiger partial charge in [0.2, 0.25) is 5.91 Å². The Kier molecular flexibility index (Phi) is 4.60. The Morgan fingerprint density at radius 3 is 2.38 bits per heavy atom. The summed E-state index contributed by atoms with van der Waals surface area (Å²) in [5, 5.41) is 6.35. The number of ether oxygens (including phenoxy) is 2. The fraction of sp³-hybridized carbons (Fsp3) is 0.474. The number of nitrogens with zero attached hydrogens (tertiary/aromatic N) is 2. The molecule has 0 fully saturated rings. The molecule has 3 rings (SSSR count). The molecule has 1 amide bonds. The van der Waals surface area contributed by atoms with Crippen LogP contribution in [-0.2, 0) is 4.79 Å². The highest BCUT2D eigenvalue weighted by Crippen LogP contribution is 2.37. The zero-order valence-corrected chi connectivity index (χ0v) is 14.7. The molecule has 1 aromatic rings. The monoisotopic (exact) mass is 328 g/mol. The number of benzene rings is 1. The van der Waals surface area contributed by atoms with E-state index < -0.39 is 0 Å². The fourth-order valence-electron chi connectivity index (χ4n) is 3.44. The first-order chi connectivity index (χ1) is 11.6. The average Bonchev–Trinajstić information content (AvgIpc) is 2.61. The highest BCUT2D eigenvalue weighted by atomic mass is 16.5. The average molecular weight is 328 g/mol. The van der Waals surface area contributed by atoms with Crippen LogP contribution in [0.15, 0.2) is 35.5 Å². The zero-order chi connectivity index (χ0) is 17.3. The Balaban J connectivity index is 2.07. The molecule has 0 radical (unpaired) electrons. The molecular formula is C19H24N2O3. The Morgan fingerprint density at radius 2 is 1.75 bits per heavy atom. The number of allylic oxidation sites excluding steroid dienone is 2.